The van der Waals surface area contributed by atoms with E-state index in [9.17, 15) is 14.4 Å². The lowest BCUT2D eigenvalue weighted by molar-refractivity contribution is -0.115. The second kappa shape index (κ2) is 60.3. The normalized spacial score (nSPS) is 10.7. The van der Waals surface area contributed by atoms with Crippen molar-refractivity contribution >= 4 is 17.3 Å². The molecule has 3 heteroatoms. The van der Waals surface area contributed by atoms with Gasteiger partial charge in [0.05, 0.1) is 0 Å². The lowest BCUT2D eigenvalue weighted by atomic mass is 10.0. The van der Waals surface area contributed by atoms with E-state index in [4.69, 9.17) is 0 Å². The van der Waals surface area contributed by atoms with Crippen molar-refractivity contribution in [2.75, 3.05) is 0 Å². The number of unbranched alkanes of at least 4 members (excludes halogenated alkanes) is 40. The predicted molar refractivity (Wildman–Crippen MR) is 275 cm³/mol. The summed E-state index contributed by atoms with van der Waals surface area (Å²) in [6.45, 7) is 17.3. The Morgan fingerprint density at radius 2 is 0.344 bits per heavy atom. The van der Waals surface area contributed by atoms with Crippen LogP contribution in [0.15, 0.2) is 38.0 Å². The van der Waals surface area contributed by atoms with Gasteiger partial charge in [-0.15, -0.1) is 0 Å². The summed E-state index contributed by atoms with van der Waals surface area (Å²) in [5, 5.41) is 0. The maximum Gasteiger partial charge on any atom is 0.155 e. The van der Waals surface area contributed by atoms with E-state index in [1.165, 1.54) is 275 Å². The molecule has 0 unspecified atom stereocenters. The molecule has 0 aliphatic carbocycles. The van der Waals surface area contributed by atoms with Crippen LogP contribution in [0.4, 0.5) is 0 Å². The molecular weight excluding hydrogens is 745 g/mol. The summed E-state index contributed by atoms with van der Waals surface area (Å²) in [5.41, 5.74) is 0. The van der Waals surface area contributed by atoms with Gasteiger partial charge in [-0.2, -0.15) is 0 Å². The van der Waals surface area contributed by atoms with E-state index in [-0.39, 0.29) is 17.3 Å². The van der Waals surface area contributed by atoms with Crippen molar-refractivity contribution in [1.29, 1.82) is 0 Å². The summed E-state index contributed by atoms with van der Waals surface area (Å²) in [5.74, 6) is 0.594. The van der Waals surface area contributed by atoms with Gasteiger partial charge in [0.25, 0.3) is 0 Å². The van der Waals surface area contributed by atoms with Gasteiger partial charge in [-0.25, -0.2) is 0 Å². The first-order valence-electron chi connectivity index (χ1n) is 27.4. The molecule has 0 fully saturated rings. The minimum atomic E-state index is 0.195. The van der Waals surface area contributed by atoms with E-state index in [1.807, 2.05) is 0 Å². The zero-order valence-electron chi connectivity index (χ0n) is 42.1. The molecule has 0 aliphatic heterocycles. The second-order valence-electron chi connectivity index (χ2n) is 18.4. The molecule has 0 aromatic rings. The van der Waals surface area contributed by atoms with Gasteiger partial charge in [0, 0.05) is 19.3 Å². The summed E-state index contributed by atoms with van der Waals surface area (Å²) >= 11 is 0. The maximum absolute atomic E-state index is 11.1. The third kappa shape index (κ3) is 65.0. The molecule has 0 amide bonds. The van der Waals surface area contributed by atoms with Gasteiger partial charge in [-0.3, -0.25) is 14.4 Å². The smallest absolute Gasteiger partial charge is 0.155 e. The lowest BCUT2D eigenvalue weighted by Crippen LogP contribution is -1.91. The highest BCUT2D eigenvalue weighted by Crippen LogP contribution is 2.16. The fourth-order valence-corrected chi connectivity index (χ4v) is 7.96. The zero-order chi connectivity index (χ0) is 45.4. The van der Waals surface area contributed by atoms with Crippen LogP contribution in [0.3, 0.4) is 0 Å². The monoisotopic (exact) mass is 855 g/mol. The Bertz CT molecular complexity index is 903. The highest BCUT2D eigenvalue weighted by atomic mass is 16.1. The Labute approximate surface area is 384 Å². The number of hydrogen-bond donors (Lipinski definition) is 0. The molecule has 0 saturated heterocycles. The highest BCUT2D eigenvalue weighted by molar-refractivity contribution is 5.89. The topological polar surface area (TPSA) is 51.2 Å². The van der Waals surface area contributed by atoms with E-state index in [1.54, 1.807) is 0 Å². The maximum atomic E-state index is 11.1. The third-order valence-electron chi connectivity index (χ3n) is 12.3. The zero-order valence-corrected chi connectivity index (χ0v) is 42.1. The second-order valence-corrected chi connectivity index (χ2v) is 18.4. The molecule has 0 spiro atoms. The van der Waals surface area contributed by atoms with Gasteiger partial charge in [-0.05, 0) is 37.5 Å². The summed E-state index contributed by atoms with van der Waals surface area (Å²) < 4.78 is 0. The van der Waals surface area contributed by atoms with Crippen LogP contribution in [-0.2, 0) is 14.4 Å². The molecule has 0 radical (unpaired) electrons. The first kappa shape index (κ1) is 63.5. The average Bonchev–Trinajstić information content (AvgIpc) is 3.28. The van der Waals surface area contributed by atoms with E-state index in [0.29, 0.717) is 19.3 Å². The van der Waals surface area contributed by atoms with Gasteiger partial charge >= 0.3 is 0 Å². The van der Waals surface area contributed by atoms with Crippen molar-refractivity contribution in [3.8, 4) is 0 Å². The number of allylic oxidation sites excluding steroid dienone is 3. The van der Waals surface area contributed by atoms with Crippen LogP contribution in [0.5, 0.6) is 0 Å². The first-order chi connectivity index (χ1) is 29.9. The van der Waals surface area contributed by atoms with Gasteiger partial charge in [-0.1, -0.05) is 297 Å². The van der Waals surface area contributed by atoms with Gasteiger partial charge in [0.2, 0.25) is 0 Å². The molecule has 0 atom stereocenters. The molecule has 0 heterocycles. The molecule has 3 nitrogen and oxygen atoms in total. The van der Waals surface area contributed by atoms with Crippen LogP contribution < -0.4 is 0 Å². The summed E-state index contributed by atoms with van der Waals surface area (Å²) in [6, 6.07) is 0. The molecule has 0 aromatic heterocycles. The number of rotatable bonds is 49. The van der Waals surface area contributed by atoms with Crippen LogP contribution in [0.25, 0.3) is 0 Å². The van der Waals surface area contributed by atoms with Crippen LogP contribution in [0.2, 0.25) is 0 Å². The number of hydrogen-bond acceptors (Lipinski definition) is 3. The minimum absolute atomic E-state index is 0.195. The number of carbonyl (C=O) groups excluding carboxylic acids is 3. The average molecular weight is 856 g/mol. The van der Waals surface area contributed by atoms with Crippen molar-refractivity contribution in [1.82, 2.24) is 0 Å². The van der Waals surface area contributed by atoms with E-state index in [0.717, 1.165) is 19.3 Å². The largest absolute Gasteiger partial charge is 0.295 e. The lowest BCUT2D eigenvalue weighted by Gasteiger charge is -2.03. The standard InChI is InChI=1S/C22H42O.C20H38O.C16H30O/c1-3-5-6-7-8-9-10-11-12-13-14-15-16-17-18-19-20-21-22(23)4-2;1-3-5-6-7-8-9-10-11-12-13-14-15-16-17-18-19-20(21)4-2;1-3-5-6-7-8-9-10-11-12-13-14-15-16(17)4-2/h4H,2-3,5-21H2,1H3;4H,2-3,5-19H2,1H3;4H,2-3,5-15H2,1H3. The summed E-state index contributed by atoms with van der Waals surface area (Å²) in [6.07, 6.45) is 65.1. The summed E-state index contributed by atoms with van der Waals surface area (Å²) in [7, 11) is 0. The van der Waals surface area contributed by atoms with Crippen molar-refractivity contribution in [2.24, 2.45) is 0 Å². The fraction of sp³-hybridized carbons (Fsp3) is 0.845. The molecule has 0 aliphatic rings. The Morgan fingerprint density at radius 3 is 0.459 bits per heavy atom. The molecule has 0 aromatic carbocycles. The Hall–Kier alpha value is -1.77. The van der Waals surface area contributed by atoms with Crippen molar-refractivity contribution in [3.63, 3.8) is 0 Å². The number of ketones is 3. The SMILES string of the molecule is C=CC(=O)CCCCCCCCCCCCC.C=CC(=O)CCCCCCCCCCCCCCCCC.C=CC(=O)CCCCCCCCCCCCCCCCCCC. The fourth-order valence-electron chi connectivity index (χ4n) is 7.96. The summed E-state index contributed by atoms with van der Waals surface area (Å²) in [4.78, 5) is 33.0. The molecule has 0 bridgehead atoms. The first-order valence-corrected chi connectivity index (χ1v) is 27.4. The van der Waals surface area contributed by atoms with Gasteiger partial charge < -0.3 is 0 Å². The molecule has 0 saturated carbocycles. The molecular formula is C58H110O3. The minimum Gasteiger partial charge on any atom is -0.295 e. The molecule has 0 N–H and O–H groups in total. The number of carbonyl (C=O) groups is 3. The van der Waals surface area contributed by atoms with Crippen LogP contribution in [0, 0.1) is 0 Å². The van der Waals surface area contributed by atoms with Crippen LogP contribution >= 0.6 is 0 Å². The molecule has 360 valence electrons. The van der Waals surface area contributed by atoms with Crippen LogP contribution in [-0.4, -0.2) is 17.3 Å². The van der Waals surface area contributed by atoms with Gasteiger partial charge in [0.1, 0.15) is 0 Å². The predicted octanol–water partition coefficient (Wildman–Crippen LogP) is 20.2. The third-order valence-corrected chi connectivity index (χ3v) is 12.3. The Kier molecular flexibility index (Phi) is 62.8. The Balaban J connectivity index is -0.000000837. The van der Waals surface area contributed by atoms with E-state index >= 15 is 0 Å². The van der Waals surface area contributed by atoms with E-state index in [2.05, 4.69) is 40.5 Å². The van der Waals surface area contributed by atoms with Crippen molar-refractivity contribution in [3.05, 3.63) is 38.0 Å². The highest BCUT2D eigenvalue weighted by Gasteiger charge is 2.00. The molecule has 0 rings (SSSR count). The van der Waals surface area contributed by atoms with Gasteiger partial charge in [0.15, 0.2) is 17.3 Å². The van der Waals surface area contributed by atoms with Crippen molar-refractivity contribution < 1.29 is 14.4 Å². The molecule has 61 heavy (non-hydrogen) atoms. The van der Waals surface area contributed by atoms with Crippen molar-refractivity contribution in [2.45, 2.75) is 316 Å². The van der Waals surface area contributed by atoms with Crippen LogP contribution in [0.1, 0.15) is 316 Å². The Morgan fingerprint density at radius 1 is 0.230 bits per heavy atom. The quantitative estimate of drug-likeness (QED) is 0.0452. The van der Waals surface area contributed by atoms with E-state index < -0.39 is 0 Å².